The second kappa shape index (κ2) is 27.9. The number of alkyl halides is 5. The number of halogens is 5. The molecule has 4 bridgehead atoms. The summed E-state index contributed by atoms with van der Waals surface area (Å²) in [6.07, 6.45) is 1.68. The quantitative estimate of drug-likeness (QED) is 0.0649. The van der Waals surface area contributed by atoms with Crippen LogP contribution in [0, 0.1) is 0 Å². The molecule has 8 heterocycles. The number of carbonyl (C=O) groups excluding carboxylic acids is 2. The molecule has 27 heteroatoms. The van der Waals surface area contributed by atoms with Gasteiger partial charge in [-0.1, -0.05) is 59.7 Å². The number of hydrogen-bond acceptors (Lipinski definition) is 15. The first kappa shape index (κ1) is 60.8. The zero-order valence-electron chi connectivity index (χ0n) is 40.8. The summed E-state index contributed by atoms with van der Waals surface area (Å²) in [5.41, 5.74) is 15.3. The van der Waals surface area contributed by atoms with Crippen molar-refractivity contribution in [1.82, 2.24) is 21.2 Å². The summed E-state index contributed by atoms with van der Waals surface area (Å²) >= 11 is 6.04. The Morgan fingerprint density at radius 2 is 1.15 bits per heavy atom. The van der Waals surface area contributed by atoms with Gasteiger partial charge in [-0.05, 0) is 98.9 Å². The Hall–Kier alpha value is -2.46. The van der Waals surface area contributed by atoms with Crippen LogP contribution in [0.3, 0.4) is 0 Å². The minimum atomic E-state index is -4.87. The largest absolute Gasteiger partial charge is 1.00 e. The molecule has 74 heavy (non-hydrogen) atoms. The fourth-order valence-electron chi connectivity index (χ4n) is 10.1. The van der Waals surface area contributed by atoms with E-state index in [9.17, 15) is 26.4 Å². The molecule has 18 nitrogen and oxygen atoms in total. The van der Waals surface area contributed by atoms with E-state index < -0.39 is 46.7 Å². The Kier molecular flexibility index (Phi) is 22.9. The molecule has 0 radical (unpaired) electrons. The molecule has 6 atom stereocenters. The summed E-state index contributed by atoms with van der Waals surface area (Å²) in [5, 5.41) is 19.4. The number of carbonyl (C=O) groups is 2. The van der Waals surface area contributed by atoms with Crippen LogP contribution in [0.5, 0.6) is 23.0 Å². The predicted octanol–water partition coefficient (Wildman–Crippen LogP) is 1.62. The molecule has 12 rings (SSSR count). The third-order valence-corrected chi connectivity index (χ3v) is 13.8. The van der Waals surface area contributed by atoms with Crippen molar-refractivity contribution in [3.63, 3.8) is 0 Å². The number of nitrogens with one attached hydrogen (secondary N) is 3. The van der Waals surface area contributed by atoms with E-state index in [2.05, 4.69) is 53.0 Å². The molecular weight excluding hydrogens is 1110 g/mol. The number of amides is 1. The molecule has 6 unspecified atom stereocenters. The SMILES string of the molecule is COO.ClCCl.O=C(N1C2CCC1CC(=C1c3ccccc3Oc3cc(C4=NS(=O)ON4)ccc31)C2)C(F)(F)F.O=CO[O-].O=S1N=C(c2ccc3c(c2)Oc2ccccc2C3=C2CC3CCC(C2)N3)NO1.[H-].[K+].[K+]. The predicted molar refractivity (Wildman–Crippen MR) is 258 cm³/mol. The van der Waals surface area contributed by atoms with Gasteiger partial charge in [0.2, 0.25) is 0 Å². The Balaban J connectivity index is 0.000000231. The molecular formula is C47H45Cl2F3K2N6O12S2. The first-order valence-corrected chi connectivity index (χ1v) is 25.2. The number of fused-ring (bicyclic) bond motifs is 8. The average molecular weight is 1160 g/mol. The molecule has 8 aliphatic heterocycles. The third-order valence-electron chi connectivity index (χ3n) is 12.7. The molecule has 0 saturated carbocycles. The van der Waals surface area contributed by atoms with Crippen molar-refractivity contribution in [2.45, 2.75) is 81.7 Å². The van der Waals surface area contributed by atoms with Gasteiger partial charge < -0.3 is 31.3 Å². The van der Waals surface area contributed by atoms with Gasteiger partial charge in [0.25, 0.3) is 6.47 Å². The second-order valence-corrected chi connectivity index (χ2v) is 19.2. The van der Waals surface area contributed by atoms with E-state index in [4.69, 9.17) is 56.6 Å². The van der Waals surface area contributed by atoms with Gasteiger partial charge in [0.15, 0.2) is 11.7 Å². The van der Waals surface area contributed by atoms with Crippen molar-refractivity contribution in [2.24, 2.45) is 8.80 Å². The van der Waals surface area contributed by atoms with Crippen molar-refractivity contribution in [3.05, 3.63) is 129 Å². The summed E-state index contributed by atoms with van der Waals surface area (Å²) in [5.74, 6) is 1.89. The molecule has 0 aliphatic carbocycles. The summed E-state index contributed by atoms with van der Waals surface area (Å²) in [7, 11) is 1.18. The van der Waals surface area contributed by atoms with Crippen LogP contribution in [-0.4, -0.2) is 85.4 Å². The summed E-state index contributed by atoms with van der Waals surface area (Å²) < 4.78 is 92.3. The topological polar surface area (TPSA) is 231 Å². The van der Waals surface area contributed by atoms with E-state index >= 15 is 0 Å². The van der Waals surface area contributed by atoms with Gasteiger partial charge in [-0.25, -0.2) is 24.3 Å². The standard InChI is InChI=1S/C23H18F3N3O4S.C21H19N3O3S.CH2Cl2.CH2O3.CH4O2.2K.H/c24-23(25,26)22(30)29-14-6-7-15(29)10-13(9-14)20-16-3-1-2-4-18(16)32-19-11-12(5-8-17(19)20)21-27-33-34(31)28-21;25-28-24-21(23-27-28)12-5-8-17-19(11-12)26-18-4-2-1-3-16(18)20(17)13-9-14-6-7-15(10-13)22-14;2-1-3;2-1-4-3;1-3-2;;;/h1-5,8,11,14-15H,6-7,9-10H2,(H,27,28);1-5,8,11,14-15,22H,6-7,9-10H2,(H,23,24);1H2;1,3H;2H,1H3;;;/q;;;;;2*+1;-1/p-1. The normalized spacial score (nSPS) is 22.8. The van der Waals surface area contributed by atoms with Crippen molar-refractivity contribution in [2.75, 3.05) is 12.4 Å². The second-order valence-electron chi connectivity index (χ2n) is 16.8. The van der Waals surface area contributed by atoms with Gasteiger partial charge in [-0.2, -0.15) is 21.7 Å². The number of nitrogens with zero attached hydrogens (tertiary/aromatic N) is 3. The van der Waals surface area contributed by atoms with Crippen LogP contribution < -0.4 is 134 Å². The monoisotopic (exact) mass is 1150 g/mol. The fourth-order valence-corrected chi connectivity index (χ4v) is 11.1. The molecule has 1 amide bonds. The van der Waals surface area contributed by atoms with Gasteiger partial charge in [0.05, 0.1) is 12.4 Å². The number of ether oxygens (including phenoxy) is 2. The number of hydrogen-bond donors (Lipinski definition) is 4. The Bertz CT molecular complexity index is 2880. The summed E-state index contributed by atoms with van der Waals surface area (Å²) in [6.45, 7) is -0.181. The number of para-hydroxylation sites is 2. The van der Waals surface area contributed by atoms with E-state index in [1.54, 1.807) is 12.1 Å². The zero-order valence-corrected chi connectivity index (χ0v) is 49.2. The van der Waals surface area contributed by atoms with E-state index in [1.807, 2.05) is 54.6 Å². The minimum Gasteiger partial charge on any atom is -1.00 e. The zero-order chi connectivity index (χ0) is 51.1. The summed E-state index contributed by atoms with van der Waals surface area (Å²) in [6, 6.07) is 27.4. The molecule has 4 fully saturated rings. The van der Waals surface area contributed by atoms with Crippen molar-refractivity contribution in [3.8, 4) is 23.0 Å². The summed E-state index contributed by atoms with van der Waals surface area (Å²) in [4.78, 5) is 27.6. The van der Waals surface area contributed by atoms with Crippen LogP contribution in [-0.2, 0) is 50.5 Å². The van der Waals surface area contributed by atoms with Gasteiger partial charge in [-0.15, -0.1) is 32.0 Å². The van der Waals surface area contributed by atoms with E-state index in [0.717, 1.165) is 62.6 Å². The maximum Gasteiger partial charge on any atom is 1.00 e. The van der Waals surface area contributed by atoms with Gasteiger partial charge in [0.1, 0.15) is 23.0 Å². The Morgan fingerprint density at radius 1 is 0.757 bits per heavy atom. The van der Waals surface area contributed by atoms with Gasteiger partial charge in [-0.3, -0.25) is 14.8 Å². The van der Waals surface area contributed by atoms with Crippen LogP contribution in [0.4, 0.5) is 13.2 Å². The fraction of sp³-hybridized carbons (Fsp3) is 0.319. The number of hydroxylamine groups is 2. The Labute approximate surface area is 524 Å². The maximum absolute atomic E-state index is 13.2. The van der Waals surface area contributed by atoms with Crippen molar-refractivity contribution in [1.29, 1.82) is 0 Å². The van der Waals surface area contributed by atoms with Crippen LogP contribution in [0.25, 0.3) is 11.1 Å². The third kappa shape index (κ3) is 14.0. The minimum absolute atomic E-state index is 0. The van der Waals surface area contributed by atoms with Crippen LogP contribution >= 0.6 is 23.2 Å². The van der Waals surface area contributed by atoms with Crippen LogP contribution in [0.15, 0.2) is 105 Å². The molecule has 4 N–H and O–H groups in total. The molecule has 4 aromatic rings. The number of rotatable bonds is 3. The molecule has 0 spiro atoms. The smallest absolute Gasteiger partial charge is 1.00 e. The molecule has 384 valence electrons. The van der Waals surface area contributed by atoms with E-state index in [0.29, 0.717) is 66.5 Å². The van der Waals surface area contributed by atoms with Gasteiger partial charge in [0, 0.05) is 57.5 Å². The van der Waals surface area contributed by atoms with E-state index in [-0.39, 0.29) is 116 Å². The van der Waals surface area contributed by atoms with Gasteiger partial charge >= 0.3 is 137 Å². The number of benzene rings is 4. The molecule has 8 aliphatic rings. The van der Waals surface area contributed by atoms with Crippen molar-refractivity contribution < 1.29 is 174 Å². The van der Waals surface area contributed by atoms with Crippen LogP contribution in [0.2, 0.25) is 0 Å². The van der Waals surface area contributed by atoms with E-state index in [1.165, 1.54) is 36.7 Å². The van der Waals surface area contributed by atoms with Crippen molar-refractivity contribution >= 4 is 80.9 Å². The number of amidine groups is 2. The maximum atomic E-state index is 13.2. The Morgan fingerprint density at radius 3 is 1.53 bits per heavy atom. The van der Waals surface area contributed by atoms with Crippen LogP contribution in [0.1, 0.15) is 86.2 Å². The average Bonchev–Trinajstić information content (AvgIpc) is 4.16. The molecule has 4 saturated heterocycles. The molecule has 4 aromatic carbocycles. The molecule has 0 aromatic heterocycles. The number of piperidine rings is 2. The first-order valence-electron chi connectivity index (χ1n) is 22.1. The first-order chi connectivity index (χ1) is 34.8.